The number of nitrogens with one attached hydrogen (secondary N) is 1. The Hall–Kier alpha value is 1.38. The third kappa shape index (κ3) is 2.47. The van der Waals surface area contributed by atoms with E-state index in [0.29, 0.717) is 5.60 Å². The van der Waals surface area contributed by atoms with Gasteiger partial charge in [-0.1, -0.05) is 0 Å². The number of hydrogen-bond donors (Lipinski definition) is 1. The van der Waals surface area contributed by atoms with Crippen molar-refractivity contribution in [2.75, 3.05) is 22.5 Å². The van der Waals surface area contributed by atoms with Gasteiger partial charge in [0.25, 0.3) is 0 Å². The van der Waals surface area contributed by atoms with E-state index in [0.717, 1.165) is 11.0 Å². The topological polar surface area (TPSA) is 24.6 Å². The van der Waals surface area contributed by atoms with Crippen LogP contribution in [0.25, 0.3) is 0 Å². The number of hydrogen-bond acceptors (Lipinski definition) is 2. The van der Waals surface area contributed by atoms with Gasteiger partial charge in [0, 0.05) is 0 Å². The summed E-state index contributed by atoms with van der Waals surface area (Å²) < 4.78 is 11.0. The normalized spacial score (nSPS) is 33.1. The summed E-state index contributed by atoms with van der Waals surface area (Å²) in [6.07, 6.45) is 0. The van der Waals surface area contributed by atoms with Crippen LogP contribution in [0.15, 0.2) is 0 Å². The second-order valence-corrected chi connectivity index (χ2v) is 5.43. The van der Waals surface area contributed by atoms with Crippen LogP contribution in [-0.4, -0.2) is 28.1 Å². The second kappa shape index (κ2) is 3.68. The van der Waals surface area contributed by atoms with E-state index >= 15 is 0 Å². The van der Waals surface area contributed by atoms with Gasteiger partial charge in [0.15, 0.2) is 0 Å². The summed E-state index contributed by atoms with van der Waals surface area (Å²) in [5, 5.41) is 0. The molecule has 1 N–H and O–H groups in total. The Balaban J connectivity index is 2.10. The van der Waals surface area contributed by atoms with Crippen molar-refractivity contribution in [3.8, 4) is 0 Å². The summed E-state index contributed by atoms with van der Waals surface area (Å²) in [4.78, 5) is 0. The van der Waals surface area contributed by atoms with Gasteiger partial charge >= 0.3 is 80.4 Å². The fraction of sp³-hybridized carbons (Fsp3) is 1.00. The van der Waals surface area contributed by atoms with Crippen LogP contribution in [0.4, 0.5) is 0 Å². The quantitative estimate of drug-likeness (QED) is 0.260. The van der Waals surface area contributed by atoms with Crippen LogP contribution in [0.3, 0.4) is 0 Å². The minimum atomic E-state index is 0.215. The van der Waals surface area contributed by atoms with E-state index in [9.17, 15) is 0 Å². The van der Waals surface area contributed by atoms with Crippen molar-refractivity contribution >= 4 is 22.6 Å². The fourth-order valence-corrected chi connectivity index (χ4v) is 4.01. The summed E-state index contributed by atoms with van der Waals surface area (Å²) in [7, 11) is 2.02. The van der Waals surface area contributed by atoms with E-state index in [1.54, 1.807) is 0 Å². The summed E-state index contributed by atoms with van der Waals surface area (Å²) in [5.74, 6) is 0. The van der Waals surface area contributed by atoms with Gasteiger partial charge in [0.1, 0.15) is 0 Å². The third-order valence-electron chi connectivity index (χ3n) is 1.24. The predicted molar refractivity (Wildman–Crippen MR) is 41.5 cm³/mol. The molecule has 0 amide bonds. The van der Waals surface area contributed by atoms with E-state index in [2.05, 4.69) is 26.1 Å². The number of rotatable bonds is 4. The molecule has 0 radical (unpaired) electrons. The zero-order valence-corrected chi connectivity index (χ0v) is 9.60. The zero-order chi connectivity index (χ0) is 6.74. The molecule has 1 unspecified atom stereocenters. The van der Waals surface area contributed by atoms with E-state index in [1.807, 2.05) is 7.05 Å². The molecule has 1 atom stereocenters. The molecule has 1 aliphatic rings. The summed E-state index contributed by atoms with van der Waals surface area (Å²) >= 11 is 2.61. The van der Waals surface area contributed by atoms with Crippen molar-refractivity contribution in [3.05, 3.63) is 0 Å². The first kappa shape index (κ1) is 8.48. The molecule has 0 spiro atoms. The van der Waals surface area contributed by atoms with Crippen LogP contribution >= 0.6 is 22.6 Å². The minimum absolute atomic E-state index is 0.215. The molecule has 4 heteroatoms. The molecule has 1 heterocycles. The summed E-state index contributed by atoms with van der Waals surface area (Å²) in [6, 6.07) is 0. The van der Waals surface area contributed by atoms with E-state index in [4.69, 9.17) is 4.74 Å². The molecule has 1 rings (SSSR count). The maximum atomic E-state index is 5.33. The zero-order valence-electron chi connectivity index (χ0n) is 5.29. The van der Waals surface area contributed by atoms with Crippen molar-refractivity contribution in [3.63, 3.8) is 0 Å². The van der Waals surface area contributed by atoms with Gasteiger partial charge in [-0.05, 0) is 0 Å². The Morgan fingerprint density at radius 2 is 2.56 bits per heavy atom. The van der Waals surface area contributed by atoms with E-state index in [1.165, 1.54) is 4.43 Å². The Morgan fingerprint density at radius 3 is 2.89 bits per heavy atom. The van der Waals surface area contributed by atoms with Crippen molar-refractivity contribution in [2.45, 2.75) is 5.60 Å². The molecule has 1 saturated heterocycles. The Labute approximate surface area is 79.9 Å². The molecule has 9 heavy (non-hydrogen) atoms. The molecule has 0 aliphatic carbocycles. The standard InChI is InChI=1S/C5H10I2NO/c1-8-7-3-5(2-6)4-9-5/h8H,2-4H2,1H3/q-1. The van der Waals surface area contributed by atoms with Gasteiger partial charge in [-0.3, -0.25) is 0 Å². The second-order valence-electron chi connectivity index (χ2n) is 2.06. The monoisotopic (exact) mass is 354 g/mol. The first-order chi connectivity index (χ1) is 4.33. The molecule has 56 valence electrons. The summed E-state index contributed by atoms with van der Waals surface area (Å²) in [5.41, 5.74) is 0.316. The molecule has 0 aromatic heterocycles. The fourth-order valence-electron chi connectivity index (χ4n) is 0.481. The number of epoxide rings is 1. The average molecular weight is 354 g/mol. The molecule has 0 saturated carbocycles. The van der Waals surface area contributed by atoms with Gasteiger partial charge in [0.2, 0.25) is 0 Å². The average Bonchev–Trinajstić information content (AvgIpc) is 2.65. The summed E-state index contributed by atoms with van der Waals surface area (Å²) in [6.45, 7) is 0.997. The van der Waals surface area contributed by atoms with Gasteiger partial charge in [-0.15, -0.1) is 0 Å². The van der Waals surface area contributed by atoms with E-state index < -0.39 is 0 Å². The van der Waals surface area contributed by atoms with Crippen LogP contribution in [0, 0.1) is 0 Å². The van der Waals surface area contributed by atoms with Crippen LogP contribution in [0.1, 0.15) is 0 Å². The van der Waals surface area contributed by atoms with Crippen molar-refractivity contribution in [1.29, 1.82) is 0 Å². The van der Waals surface area contributed by atoms with Crippen molar-refractivity contribution < 1.29 is 26.2 Å². The Morgan fingerprint density at radius 1 is 1.89 bits per heavy atom. The predicted octanol–water partition coefficient (Wildman–Crippen LogP) is -2.59. The molecule has 0 aromatic carbocycles. The van der Waals surface area contributed by atoms with Crippen LogP contribution in [0.2, 0.25) is 0 Å². The number of ether oxygens (including phenoxy) is 1. The molecule has 0 aromatic rings. The van der Waals surface area contributed by atoms with Crippen molar-refractivity contribution in [1.82, 2.24) is 3.53 Å². The van der Waals surface area contributed by atoms with Crippen LogP contribution in [0.5, 0.6) is 0 Å². The third-order valence-corrected chi connectivity index (χ3v) is 5.16. The van der Waals surface area contributed by atoms with Crippen LogP contribution < -0.4 is 25.0 Å². The van der Waals surface area contributed by atoms with Gasteiger partial charge < -0.3 is 0 Å². The molecular weight excluding hydrogens is 344 g/mol. The van der Waals surface area contributed by atoms with E-state index in [-0.39, 0.29) is 21.5 Å². The number of alkyl halides is 2. The Bertz CT molecular complexity index is 95.0. The molecular formula is C5H10I2NO-. The van der Waals surface area contributed by atoms with Gasteiger partial charge in [-0.25, -0.2) is 0 Å². The first-order valence-corrected chi connectivity index (χ1v) is 6.91. The molecule has 2 nitrogen and oxygen atoms in total. The first-order valence-electron chi connectivity index (χ1n) is 2.78. The maximum absolute atomic E-state index is 5.33. The van der Waals surface area contributed by atoms with Crippen molar-refractivity contribution in [2.24, 2.45) is 0 Å². The Kier molecular flexibility index (Phi) is 3.47. The SMILES string of the molecule is CN[I-]CC1(CI)CO1. The van der Waals surface area contributed by atoms with Gasteiger partial charge in [-0.2, -0.15) is 0 Å². The molecule has 1 aliphatic heterocycles. The molecule has 0 bridgehead atoms. The van der Waals surface area contributed by atoms with Crippen LogP contribution in [-0.2, 0) is 4.74 Å². The number of halogens is 2. The molecule has 1 fully saturated rings. The van der Waals surface area contributed by atoms with Gasteiger partial charge in [0.05, 0.1) is 0 Å².